The van der Waals surface area contributed by atoms with Crippen LogP contribution in [-0.2, 0) is 14.8 Å². The Hall–Kier alpha value is -3.02. The van der Waals surface area contributed by atoms with E-state index < -0.39 is 22.0 Å². The van der Waals surface area contributed by atoms with Gasteiger partial charge in [-0.05, 0) is 93.4 Å². The van der Waals surface area contributed by atoms with Crippen molar-refractivity contribution in [3.05, 3.63) is 82.3 Å². The Morgan fingerprint density at radius 1 is 1.00 bits per heavy atom. The second-order valence-electron chi connectivity index (χ2n) is 9.44. The number of sulfonamides is 1. The van der Waals surface area contributed by atoms with E-state index in [1.54, 1.807) is 43.3 Å². The molecule has 13 heteroatoms. The lowest BCUT2D eigenvalue weighted by Gasteiger charge is -2.23. The monoisotopic (exact) mass is 640 g/mol. The number of rotatable bonds is 10. The summed E-state index contributed by atoms with van der Waals surface area (Å²) in [4.78, 5) is 25.1. The number of piperidine rings is 1. The number of para-hydroxylation sites is 2. The molecule has 1 atom stereocenters. The van der Waals surface area contributed by atoms with Gasteiger partial charge in [-0.25, -0.2) is 8.42 Å². The zero-order valence-corrected chi connectivity index (χ0v) is 25.3. The lowest BCUT2D eigenvalue weighted by Crippen LogP contribution is -2.46. The zero-order chi connectivity index (χ0) is 28.7. The van der Waals surface area contributed by atoms with Crippen molar-refractivity contribution in [2.75, 3.05) is 24.4 Å². The molecule has 41 heavy (non-hydrogen) atoms. The van der Waals surface area contributed by atoms with Gasteiger partial charge in [0.2, 0.25) is 5.91 Å². The van der Waals surface area contributed by atoms with E-state index in [1.807, 2.05) is 0 Å². The van der Waals surface area contributed by atoms with Crippen LogP contribution in [0.3, 0.4) is 0 Å². The Morgan fingerprint density at radius 3 is 2.37 bits per heavy atom. The van der Waals surface area contributed by atoms with Gasteiger partial charge < -0.3 is 20.7 Å². The van der Waals surface area contributed by atoms with Crippen molar-refractivity contribution >= 4 is 63.1 Å². The molecule has 0 aromatic heterocycles. The van der Waals surface area contributed by atoms with E-state index in [0.29, 0.717) is 23.2 Å². The number of carbonyl (C=O) groups is 2. The fourth-order valence-electron chi connectivity index (χ4n) is 4.13. The van der Waals surface area contributed by atoms with Crippen LogP contribution in [0.15, 0.2) is 71.6 Å². The summed E-state index contributed by atoms with van der Waals surface area (Å²) in [6.45, 7) is 4.05. The van der Waals surface area contributed by atoms with Crippen LogP contribution in [0.5, 0.6) is 11.5 Å². The van der Waals surface area contributed by atoms with E-state index in [9.17, 15) is 18.0 Å². The molecule has 0 aliphatic carbocycles. The van der Waals surface area contributed by atoms with Gasteiger partial charge in [0.05, 0.1) is 15.6 Å². The van der Waals surface area contributed by atoms with Gasteiger partial charge in [0.25, 0.3) is 15.9 Å². The standard InChI is InChI=1S/C28H30Cl2N4O5S.ClH/c1-18(27(35)32-17-19-12-14-31-15-13-19)33-28(36)20-6-9-22(10-7-20)40(37,38)34-24-4-2-3-5-26(24)39-25-11-8-21(29)16-23(25)30;/h2-11,16,18-19,31,34H,12-15,17H2,1H3,(H,32,35)(H,33,36);1H/t18-;/m0./s1. The maximum atomic E-state index is 13.1. The molecular formula is C28H31Cl3N4O5S. The van der Waals surface area contributed by atoms with Crippen molar-refractivity contribution in [2.45, 2.75) is 30.7 Å². The van der Waals surface area contributed by atoms with E-state index in [1.165, 1.54) is 30.3 Å². The first-order valence-corrected chi connectivity index (χ1v) is 15.0. The average Bonchev–Trinajstić information content (AvgIpc) is 2.94. The first kappa shape index (κ1) is 32.5. The molecule has 2 amide bonds. The molecule has 0 radical (unpaired) electrons. The van der Waals surface area contributed by atoms with Gasteiger partial charge in [0, 0.05) is 17.1 Å². The third-order valence-electron chi connectivity index (χ3n) is 6.44. The summed E-state index contributed by atoms with van der Waals surface area (Å²) < 4.78 is 34.5. The highest BCUT2D eigenvalue weighted by atomic mass is 35.5. The molecule has 0 unspecified atom stereocenters. The van der Waals surface area contributed by atoms with Crippen molar-refractivity contribution in [1.82, 2.24) is 16.0 Å². The molecule has 1 aliphatic heterocycles. The predicted molar refractivity (Wildman–Crippen MR) is 163 cm³/mol. The Bertz CT molecular complexity index is 1470. The van der Waals surface area contributed by atoms with Crippen molar-refractivity contribution < 1.29 is 22.7 Å². The SMILES string of the molecule is C[C@H](NC(=O)c1ccc(S(=O)(=O)Nc2ccccc2Oc2ccc(Cl)cc2Cl)cc1)C(=O)NCC1CCNCC1.Cl. The number of ether oxygens (including phenoxy) is 1. The lowest BCUT2D eigenvalue weighted by molar-refractivity contribution is -0.122. The van der Waals surface area contributed by atoms with Gasteiger partial charge in [0.15, 0.2) is 5.75 Å². The Balaban J connectivity index is 0.00000462. The van der Waals surface area contributed by atoms with E-state index in [-0.39, 0.29) is 45.2 Å². The van der Waals surface area contributed by atoms with Gasteiger partial charge in [-0.2, -0.15) is 0 Å². The molecular weight excluding hydrogens is 611 g/mol. The summed E-state index contributed by atoms with van der Waals surface area (Å²) in [6.07, 6.45) is 2.00. The van der Waals surface area contributed by atoms with Gasteiger partial charge >= 0.3 is 0 Å². The minimum Gasteiger partial charge on any atom is -0.454 e. The fourth-order valence-corrected chi connectivity index (χ4v) is 5.65. The molecule has 1 fully saturated rings. The number of anilines is 1. The third-order valence-corrected chi connectivity index (χ3v) is 8.35. The highest BCUT2D eigenvalue weighted by Crippen LogP contribution is 2.35. The topological polar surface area (TPSA) is 126 Å². The number of carbonyl (C=O) groups excluding carboxylic acids is 2. The second-order valence-corrected chi connectivity index (χ2v) is 12.0. The van der Waals surface area contributed by atoms with Crippen molar-refractivity contribution in [1.29, 1.82) is 0 Å². The van der Waals surface area contributed by atoms with Crippen LogP contribution in [0, 0.1) is 5.92 Å². The number of benzene rings is 3. The molecule has 3 aromatic rings. The Labute approximate surface area is 255 Å². The van der Waals surface area contributed by atoms with Crippen LogP contribution < -0.4 is 25.4 Å². The molecule has 3 aromatic carbocycles. The number of halogens is 3. The molecule has 0 spiro atoms. The maximum Gasteiger partial charge on any atom is 0.262 e. The summed E-state index contributed by atoms with van der Waals surface area (Å²) in [5, 5.41) is 9.54. The first-order chi connectivity index (χ1) is 19.1. The maximum absolute atomic E-state index is 13.1. The zero-order valence-electron chi connectivity index (χ0n) is 22.2. The molecule has 1 heterocycles. The third kappa shape index (κ3) is 8.98. The normalized spacial score (nSPS) is 14.3. The Kier molecular flexibility index (Phi) is 11.7. The van der Waals surface area contributed by atoms with Gasteiger partial charge in [-0.3, -0.25) is 14.3 Å². The second kappa shape index (κ2) is 14.7. The summed E-state index contributed by atoms with van der Waals surface area (Å²) in [6, 6.07) is 15.9. The Morgan fingerprint density at radius 2 is 1.68 bits per heavy atom. The minimum atomic E-state index is -4.03. The number of hydrogen-bond acceptors (Lipinski definition) is 6. The molecule has 220 valence electrons. The van der Waals surface area contributed by atoms with E-state index >= 15 is 0 Å². The van der Waals surface area contributed by atoms with Crippen LogP contribution in [0.4, 0.5) is 5.69 Å². The number of nitrogens with one attached hydrogen (secondary N) is 4. The summed E-state index contributed by atoms with van der Waals surface area (Å²) in [7, 11) is -4.03. The van der Waals surface area contributed by atoms with Crippen LogP contribution >= 0.6 is 35.6 Å². The van der Waals surface area contributed by atoms with Gasteiger partial charge in [0.1, 0.15) is 11.8 Å². The quantitative estimate of drug-likeness (QED) is 0.240. The summed E-state index contributed by atoms with van der Waals surface area (Å²) >= 11 is 12.1. The molecule has 4 N–H and O–H groups in total. The lowest BCUT2D eigenvalue weighted by atomic mass is 9.98. The van der Waals surface area contributed by atoms with E-state index in [2.05, 4.69) is 20.7 Å². The minimum absolute atomic E-state index is 0. The van der Waals surface area contributed by atoms with E-state index in [4.69, 9.17) is 27.9 Å². The first-order valence-electron chi connectivity index (χ1n) is 12.8. The smallest absolute Gasteiger partial charge is 0.262 e. The highest BCUT2D eigenvalue weighted by molar-refractivity contribution is 7.92. The largest absolute Gasteiger partial charge is 0.454 e. The summed E-state index contributed by atoms with van der Waals surface area (Å²) in [5.74, 6) is 0.210. The molecule has 4 rings (SSSR count). The van der Waals surface area contributed by atoms with Crippen LogP contribution in [0.25, 0.3) is 0 Å². The number of hydrogen-bond donors (Lipinski definition) is 4. The molecule has 1 saturated heterocycles. The van der Waals surface area contributed by atoms with Crippen molar-refractivity contribution in [3.63, 3.8) is 0 Å². The molecule has 1 aliphatic rings. The van der Waals surface area contributed by atoms with Gasteiger partial charge in [-0.1, -0.05) is 35.3 Å². The molecule has 0 bridgehead atoms. The highest BCUT2D eigenvalue weighted by Gasteiger charge is 2.21. The predicted octanol–water partition coefficient (Wildman–Crippen LogP) is 5.24. The molecule has 0 saturated carbocycles. The van der Waals surface area contributed by atoms with Crippen molar-refractivity contribution in [2.24, 2.45) is 5.92 Å². The van der Waals surface area contributed by atoms with Gasteiger partial charge in [-0.15, -0.1) is 12.4 Å². The van der Waals surface area contributed by atoms with E-state index in [0.717, 1.165) is 25.9 Å². The van der Waals surface area contributed by atoms with Crippen LogP contribution in [-0.4, -0.2) is 45.9 Å². The van der Waals surface area contributed by atoms with Crippen molar-refractivity contribution in [3.8, 4) is 11.5 Å². The fraction of sp³-hybridized carbons (Fsp3) is 0.286. The molecule has 9 nitrogen and oxygen atoms in total. The van der Waals surface area contributed by atoms with Crippen LogP contribution in [0.1, 0.15) is 30.1 Å². The average molecular weight is 642 g/mol. The number of amides is 2. The van der Waals surface area contributed by atoms with Crippen LogP contribution in [0.2, 0.25) is 10.0 Å². The summed E-state index contributed by atoms with van der Waals surface area (Å²) in [5.41, 5.74) is 0.415.